The van der Waals surface area contributed by atoms with Gasteiger partial charge in [0.2, 0.25) is 0 Å². The fourth-order valence-corrected chi connectivity index (χ4v) is 3.37. The maximum absolute atomic E-state index is 13.3. The zero-order valence-electron chi connectivity index (χ0n) is 17.6. The van der Waals surface area contributed by atoms with Gasteiger partial charge in [-0.15, -0.1) is 24.0 Å². The van der Waals surface area contributed by atoms with Crippen molar-refractivity contribution in [2.75, 3.05) is 39.4 Å². The molecule has 7 heteroatoms. The summed E-state index contributed by atoms with van der Waals surface area (Å²) in [5.74, 6) is 0.586. The molecule has 2 aromatic rings. The second-order valence-corrected chi connectivity index (χ2v) is 7.21. The smallest absolute Gasteiger partial charge is 0.191 e. The van der Waals surface area contributed by atoms with E-state index in [2.05, 4.69) is 39.8 Å². The van der Waals surface area contributed by atoms with E-state index < -0.39 is 0 Å². The normalized spacial score (nSPS) is 14.8. The van der Waals surface area contributed by atoms with Gasteiger partial charge < -0.3 is 15.4 Å². The summed E-state index contributed by atoms with van der Waals surface area (Å²) in [6.45, 7) is 8.72. The molecule has 0 radical (unpaired) electrons. The molecular weight excluding hydrogens is 494 g/mol. The van der Waals surface area contributed by atoms with Crippen molar-refractivity contribution in [2.24, 2.45) is 4.99 Å². The van der Waals surface area contributed by atoms with Gasteiger partial charge in [-0.2, -0.15) is 0 Å². The number of nitrogens with zero attached hydrogens (tertiary/aromatic N) is 2. The summed E-state index contributed by atoms with van der Waals surface area (Å²) in [5, 5.41) is 6.61. The van der Waals surface area contributed by atoms with E-state index in [1.807, 2.05) is 13.0 Å². The number of benzene rings is 2. The van der Waals surface area contributed by atoms with Crippen LogP contribution in [0.25, 0.3) is 0 Å². The summed E-state index contributed by atoms with van der Waals surface area (Å²) in [4.78, 5) is 7.13. The first kappa shape index (κ1) is 24.6. The molecule has 1 fully saturated rings. The molecule has 0 amide bonds. The Bertz CT molecular complexity index is 796. The highest BCUT2D eigenvalue weighted by Crippen LogP contribution is 2.11. The molecule has 5 nitrogen and oxygen atoms in total. The topological polar surface area (TPSA) is 48.9 Å². The molecule has 0 unspecified atom stereocenters. The largest absolute Gasteiger partial charge is 0.379 e. The van der Waals surface area contributed by atoms with Crippen LogP contribution in [0.15, 0.2) is 53.5 Å². The minimum Gasteiger partial charge on any atom is -0.379 e. The lowest BCUT2D eigenvalue weighted by Crippen LogP contribution is -2.38. The molecule has 2 N–H and O–H groups in total. The highest BCUT2D eigenvalue weighted by atomic mass is 127. The predicted molar refractivity (Wildman–Crippen MR) is 131 cm³/mol. The molecule has 0 spiro atoms. The van der Waals surface area contributed by atoms with Gasteiger partial charge in [0.15, 0.2) is 5.96 Å². The molecule has 30 heavy (non-hydrogen) atoms. The maximum Gasteiger partial charge on any atom is 0.191 e. The van der Waals surface area contributed by atoms with E-state index in [1.54, 1.807) is 12.1 Å². The molecule has 1 saturated heterocycles. The molecule has 0 aliphatic carbocycles. The van der Waals surface area contributed by atoms with E-state index in [0.717, 1.165) is 57.3 Å². The number of halogens is 2. The van der Waals surface area contributed by atoms with Crippen LogP contribution < -0.4 is 10.6 Å². The first-order valence-corrected chi connectivity index (χ1v) is 10.4. The quantitative estimate of drug-likeness (QED) is 0.314. The van der Waals surface area contributed by atoms with E-state index in [1.165, 1.54) is 17.2 Å². The number of hydrogen-bond acceptors (Lipinski definition) is 3. The van der Waals surface area contributed by atoms with E-state index in [4.69, 9.17) is 9.73 Å². The van der Waals surface area contributed by atoms with Crippen molar-refractivity contribution in [2.45, 2.75) is 26.4 Å². The van der Waals surface area contributed by atoms with Gasteiger partial charge in [-0.25, -0.2) is 9.38 Å². The average Bonchev–Trinajstić information content (AvgIpc) is 2.73. The minimum atomic E-state index is -0.194. The van der Waals surface area contributed by atoms with Gasteiger partial charge in [-0.3, -0.25) is 4.90 Å². The van der Waals surface area contributed by atoms with Crippen molar-refractivity contribution in [3.05, 3.63) is 71.0 Å². The van der Waals surface area contributed by atoms with Crippen molar-refractivity contribution in [3.63, 3.8) is 0 Å². The summed E-state index contributed by atoms with van der Waals surface area (Å²) in [6, 6.07) is 15.3. The Morgan fingerprint density at radius 3 is 2.53 bits per heavy atom. The molecule has 1 aliphatic heterocycles. The van der Waals surface area contributed by atoms with Gasteiger partial charge in [-0.1, -0.05) is 36.4 Å². The number of ether oxygens (including phenoxy) is 1. The van der Waals surface area contributed by atoms with Crippen molar-refractivity contribution >= 4 is 29.9 Å². The minimum absolute atomic E-state index is 0. The molecule has 164 valence electrons. The maximum atomic E-state index is 13.3. The predicted octanol–water partition coefficient (Wildman–Crippen LogP) is 3.57. The molecule has 3 rings (SSSR count). The van der Waals surface area contributed by atoms with Gasteiger partial charge in [0, 0.05) is 32.7 Å². The lowest BCUT2D eigenvalue weighted by molar-refractivity contribution is 0.0342. The second-order valence-electron chi connectivity index (χ2n) is 7.21. The molecule has 2 aromatic carbocycles. The fraction of sp³-hybridized carbons (Fsp3) is 0.435. The van der Waals surface area contributed by atoms with Crippen LogP contribution in [0.1, 0.15) is 23.6 Å². The van der Waals surface area contributed by atoms with Crippen LogP contribution in [0, 0.1) is 5.82 Å². The SMILES string of the molecule is CCNC(=NCc1cccc(CN2CCOCC2)c1)NCCc1cccc(F)c1.I. The summed E-state index contributed by atoms with van der Waals surface area (Å²) in [6.07, 6.45) is 0.747. The van der Waals surface area contributed by atoms with Crippen LogP contribution in [0.3, 0.4) is 0 Å². The number of aliphatic imine (C=N–C) groups is 1. The van der Waals surface area contributed by atoms with E-state index in [0.29, 0.717) is 13.1 Å². The average molecular weight is 526 g/mol. The Hall–Kier alpha value is -1.71. The number of rotatable bonds is 8. The Morgan fingerprint density at radius 1 is 1.03 bits per heavy atom. The van der Waals surface area contributed by atoms with E-state index in [9.17, 15) is 4.39 Å². The van der Waals surface area contributed by atoms with Crippen LogP contribution in [0.2, 0.25) is 0 Å². The van der Waals surface area contributed by atoms with Gasteiger partial charge in [-0.05, 0) is 42.2 Å². The van der Waals surface area contributed by atoms with E-state index in [-0.39, 0.29) is 29.8 Å². The van der Waals surface area contributed by atoms with Crippen molar-refractivity contribution < 1.29 is 9.13 Å². The Kier molecular flexibility index (Phi) is 11.1. The zero-order valence-corrected chi connectivity index (χ0v) is 19.9. The third-order valence-corrected chi connectivity index (χ3v) is 4.86. The standard InChI is InChI=1S/C23H31FN4O.HI/c1-2-25-23(26-10-9-19-5-4-8-22(24)16-19)27-17-20-6-3-7-21(15-20)18-28-11-13-29-14-12-28;/h3-8,15-16H,2,9-14,17-18H2,1H3,(H2,25,26,27);1H. The zero-order chi connectivity index (χ0) is 20.3. The highest BCUT2D eigenvalue weighted by Gasteiger charge is 2.10. The monoisotopic (exact) mass is 526 g/mol. The van der Waals surface area contributed by atoms with Crippen LogP contribution in [0.4, 0.5) is 4.39 Å². The van der Waals surface area contributed by atoms with Crippen LogP contribution >= 0.6 is 24.0 Å². The van der Waals surface area contributed by atoms with Crippen molar-refractivity contribution in [1.82, 2.24) is 15.5 Å². The Balaban J connectivity index is 0.00000320. The molecule has 1 heterocycles. The molecule has 0 saturated carbocycles. The Morgan fingerprint density at radius 2 is 1.77 bits per heavy atom. The lowest BCUT2D eigenvalue weighted by atomic mass is 10.1. The molecule has 0 aromatic heterocycles. The number of morpholine rings is 1. The Labute approximate surface area is 196 Å². The summed E-state index contributed by atoms with van der Waals surface area (Å²) >= 11 is 0. The van der Waals surface area contributed by atoms with Crippen LogP contribution in [-0.2, 0) is 24.2 Å². The van der Waals surface area contributed by atoms with Gasteiger partial charge in [0.05, 0.1) is 19.8 Å². The summed E-state index contributed by atoms with van der Waals surface area (Å²) in [5.41, 5.74) is 3.48. The van der Waals surface area contributed by atoms with Gasteiger partial charge >= 0.3 is 0 Å². The van der Waals surface area contributed by atoms with Crippen molar-refractivity contribution in [3.8, 4) is 0 Å². The second kappa shape index (κ2) is 13.6. The first-order chi connectivity index (χ1) is 14.2. The van der Waals surface area contributed by atoms with Gasteiger partial charge in [0.25, 0.3) is 0 Å². The van der Waals surface area contributed by atoms with Crippen LogP contribution in [0.5, 0.6) is 0 Å². The molecule has 0 bridgehead atoms. The first-order valence-electron chi connectivity index (χ1n) is 10.4. The lowest BCUT2D eigenvalue weighted by Gasteiger charge is -2.26. The third kappa shape index (κ3) is 8.57. The van der Waals surface area contributed by atoms with Gasteiger partial charge in [0.1, 0.15) is 5.82 Å². The third-order valence-electron chi connectivity index (χ3n) is 4.86. The van der Waals surface area contributed by atoms with Crippen LogP contribution in [-0.4, -0.2) is 50.3 Å². The summed E-state index contributed by atoms with van der Waals surface area (Å²) in [7, 11) is 0. The molecule has 0 atom stereocenters. The summed E-state index contributed by atoms with van der Waals surface area (Å²) < 4.78 is 18.7. The number of nitrogens with one attached hydrogen (secondary N) is 2. The highest BCUT2D eigenvalue weighted by molar-refractivity contribution is 14.0. The van der Waals surface area contributed by atoms with E-state index >= 15 is 0 Å². The number of guanidine groups is 1. The molecule has 1 aliphatic rings. The fourth-order valence-electron chi connectivity index (χ4n) is 3.37. The molecular formula is C23H32FIN4O. The van der Waals surface area contributed by atoms with Crippen molar-refractivity contribution in [1.29, 1.82) is 0 Å². The number of hydrogen-bond donors (Lipinski definition) is 2.